The normalized spacial score (nSPS) is 19.5. The molecular formula is C16H20F2N4. The van der Waals surface area contributed by atoms with Crippen LogP contribution in [0.25, 0.3) is 0 Å². The van der Waals surface area contributed by atoms with E-state index in [1.807, 2.05) is 0 Å². The van der Waals surface area contributed by atoms with Crippen LogP contribution in [0.15, 0.2) is 30.6 Å². The number of nitrogens with zero attached hydrogens (tertiary/aromatic N) is 2. The fraction of sp³-hybridized carbons (Fsp3) is 0.438. The highest BCUT2D eigenvalue weighted by Gasteiger charge is 2.21. The van der Waals surface area contributed by atoms with Crippen LogP contribution in [0.5, 0.6) is 0 Å². The zero-order valence-electron chi connectivity index (χ0n) is 12.4. The van der Waals surface area contributed by atoms with Gasteiger partial charge < -0.3 is 10.3 Å². The van der Waals surface area contributed by atoms with Gasteiger partial charge in [-0.25, -0.2) is 13.8 Å². The highest BCUT2D eigenvalue weighted by molar-refractivity contribution is 5.19. The average molecular weight is 306 g/mol. The van der Waals surface area contributed by atoms with Crippen molar-refractivity contribution in [1.82, 2.24) is 20.2 Å². The quantitative estimate of drug-likeness (QED) is 0.892. The Bertz CT molecular complexity index is 580. The lowest BCUT2D eigenvalue weighted by Gasteiger charge is -2.33. The average Bonchev–Trinajstić information content (AvgIpc) is 3.03. The zero-order chi connectivity index (χ0) is 15.4. The second kappa shape index (κ2) is 6.98. The molecule has 0 unspecified atom stereocenters. The van der Waals surface area contributed by atoms with Gasteiger partial charge >= 0.3 is 0 Å². The van der Waals surface area contributed by atoms with Crippen LogP contribution in [0, 0.1) is 11.6 Å². The number of nitrogens with one attached hydrogen (secondary N) is 2. The fourth-order valence-corrected chi connectivity index (χ4v) is 2.91. The second-order valence-corrected chi connectivity index (χ2v) is 5.69. The predicted molar refractivity (Wildman–Crippen MR) is 80.1 cm³/mol. The predicted octanol–water partition coefficient (Wildman–Crippen LogP) is 2.44. The summed E-state index contributed by atoms with van der Waals surface area (Å²) in [5.74, 6) is -0.0337. The number of aromatic amines is 1. The van der Waals surface area contributed by atoms with E-state index in [2.05, 4.69) is 20.2 Å². The van der Waals surface area contributed by atoms with Crippen LogP contribution < -0.4 is 5.32 Å². The van der Waals surface area contributed by atoms with Crippen LogP contribution in [-0.4, -0.2) is 34.0 Å². The molecule has 0 spiro atoms. The number of rotatable bonds is 5. The van der Waals surface area contributed by atoms with E-state index in [0.29, 0.717) is 19.1 Å². The van der Waals surface area contributed by atoms with Gasteiger partial charge in [-0.1, -0.05) is 6.07 Å². The van der Waals surface area contributed by atoms with Crippen LogP contribution >= 0.6 is 0 Å². The Morgan fingerprint density at radius 2 is 2.14 bits per heavy atom. The van der Waals surface area contributed by atoms with Crippen molar-refractivity contribution in [3.8, 4) is 0 Å². The van der Waals surface area contributed by atoms with Crippen LogP contribution in [0.3, 0.4) is 0 Å². The van der Waals surface area contributed by atoms with E-state index in [9.17, 15) is 8.78 Å². The van der Waals surface area contributed by atoms with Gasteiger partial charge in [-0.2, -0.15) is 0 Å². The molecular weight excluding hydrogens is 286 g/mol. The van der Waals surface area contributed by atoms with Crippen molar-refractivity contribution in [2.24, 2.45) is 0 Å². The molecule has 0 saturated carbocycles. The van der Waals surface area contributed by atoms with Crippen LogP contribution in [0.2, 0.25) is 0 Å². The summed E-state index contributed by atoms with van der Waals surface area (Å²) >= 11 is 0. The summed E-state index contributed by atoms with van der Waals surface area (Å²) in [6.45, 7) is 2.65. The van der Waals surface area contributed by atoms with E-state index in [1.165, 1.54) is 18.2 Å². The first-order valence-corrected chi connectivity index (χ1v) is 7.59. The monoisotopic (exact) mass is 306 g/mol. The van der Waals surface area contributed by atoms with Crippen LogP contribution in [0.1, 0.15) is 24.2 Å². The SMILES string of the molecule is Fc1cccc(F)c1CN1CCC[C@H](NCc2ncc[nH]2)C1. The van der Waals surface area contributed by atoms with Gasteiger partial charge in [-0.3, -0.25) is 4.90 Å². The first-order valence-electron chi connectivity index (χ1n) is 7.59. The van der Waals surface area contributed by atoms with Gasteiger partial charge in [0.25, 0.3) is 0 Å². The molecule has 2 N–H and O–H groups in total. The number of hydrogen-bond donors (Lipinski definition) is 2. The second-order valence-electron chi connectivity index (χ2n) is 5.69. The van der Waals surface area contributed by atoms with Crippen molar-refractivity contribution in [1.29, 1.82) is 0 Å². The molecule has 2 aromatic rings. The Balaban J connectivity index is 1.56. The van der Waals surface area contributed by atoms with Crippen molar-refractivity contribution in [2.45, 2.75) is 32.0 Å². The minimum atomic E-state index is -0.467. The number of benzene rings is 1. The van der Waals surface area contributed by atoms with Gasteiger partial charge in [-0.05, 0) is 31.5 Å². The Kier molecular flexibility index (Phi) is 4.80. The van der Waals surface area contributed by atoms with Crippen molar-refractivity contribution >= 4 is 0 Å². The third kappa shape index (κ3) is 3.69. The topological polar surface area (TPSA) is 44.0 Å². The first kappa shape index (κ1) is 15.1. The number of imidazole rings is 1. The molecule has 0 amide bonds. The minimum absolute atomic E-state index is 0.161. The molecule has 22 heavy (non-hydrogen) atoms. The summed E-state index contributed by atoms with van der Waals surface area (Å²) in [4.78, 5) is 9.34. The summed E-state index contributed by atoms with van der Waals surface area (Å²) in [5.41, 5.74) is 0.161. The number of hydrogen-bond acceptors (Lipinski definition) is 3. The third-order valence-electron chi connectivity index (χ3n) is 4.06. The molecule has 1 aromatic carbocycles. The molecule has 1 fully saturated rings. The lowest BCUT2D eigenvalue weighted by molar-refractivity contribution is 0.178. The number of piperidine rings is 1. The highest BCUT2D eigenvalue weighted by atomic mass is 19.1. The maximum atomic E-state index is 13.7. The van der Waals surface area contributed by atoms with Crippen molar-refractivity contribution in [2.75, 3.05) is 13.1 Å². The lowest BCUT2D eigenvalue weighted by atomic mass is 10.0. The van der Waals surface area contributed by atoms with E-state index in [0.717, 1.165) is 31.8 Å². The Labute approximate surface area is 128 Å². The fourth-order valence-electron chi connectivity index (χ4n) is 2.91. The molecule has 1 saturated heterocycles. The third-order valence-corrected chi connectivity index (χ3v) is 4.06. The summed E-state index contributed by atoms with van der Waals surface area (Å²) in [5, 5.41) is 3.45. The highest BCUT2D eigenvalue weighted by Crippen LogP contribution is 2.18. The van der Waals surface area contributed by atoms with Gasteiger partial charge in [0, 0.05) is 37.1 Å². The number of aromatic nitrogens is 2. The number of likely N-dealkylation sites (tertiary alicyclic amines) is 1. The standard InChI is InChI=1S/C16H20F2N4/c17-14-4-1-5-15(18)13(14)11-22-8-2-3-12(10-22)21-9-16-19-6-7-20-16/h1,4-7,12,21H,2-3,8-11H2,(H,19,20)/t12-/m0/s1. The van der Waals surface area contributed by atoms with E-state index in [4.69, 9.17) is 0 Å². The molecule has 6 heteroatoms. The Hall–Kier alpha value is -1.79. The molecule has 1 aliphatic heterocycles. The van der Waals surface area contributed by atoms with Crippen molar-refractivity contribution < 1.29 is 8.78 Å². The molecule has 4 nitrogen and oxygen atoms in total. The van der Waals surface area contributed by atoms with Crippen molar-refractivity contribution in [3.05, 3.63) is 53.6 Å². The maximum absolute atomic E-state index is 13.7. The molecule has 2 heterocycles. The maximum Gasteiger partial charge on any atom is 0.130 e. The molecule has 118 valence electrons. The van der Waals surface area contributed by atoms with Gasteiger partial charge in [-0.15, -0.1) is 0 Å². The summed E-state index contributed by atoms with van der Waals surface area (Å²) in [6.07, 6.45) is 5.61. The summed E-state index contributed by atoms with van der Waals surface area (Å²) in [6, 6.07) is 4.34. The summed E-state index contributed by atoms with van der Waals surface area (Å²) in [7, 11) is 0. The molecule has 0 aliphatic carbocycles. The van der Waals surface area contributed by atoms with E-state index in [1.54, 1.807) is 12.4 Å². The Morgan fingerprint density at radius 3 is 2.86 bits per heavy atom. The molecule has 3 rings (SSSR count). The number of halogens is 2. The van der Waals surface area contributed by atoms with Crippen LogP contribution in [0.4, 0.5) is 8.78 Å². The Morgan fingerprint density at radius 1 is 1.32 bits per heavy atom. The number of H-pyrrole nitrogens is 1. The van der Waals surface area contributed by atoms with Gasteiger partial charge in [0.15, 0.2) is 0 Å². The molecule has 1 aliphatic rings. The first-order chi connectivity index (χ1) is 10.7. The van der Waals surface area contributed by atoms with Gasteiger partial charge in [0.1, 0.15) is 17.5 Å². The van der Waals surface area contributed by atoms with E-state index < -0.39 is 11.6 Å². The minimum Gasteiger partial charge on any atom is -0.348 e. The summed E-state index contributed by atoms with van der Waals surface area (Å²) < 4.78 is 27.5. The van der Waals surface area contributed by atoms with Gasteiger partial charge in [0.2, 0.25) is 0 Å². The lowest BCUT2D eigenvalue weighted by Crippen LogP contribution is -2.45. The van der Waals surface area contributed by atoms with Crippen LogP contribution in [-0.2, 0) is 13.1 Å². The molecule has 1 aromatic heterocycles. The van der Waals surface area contributed by atoms with E-state index >= 15 is 0 Å². The zero-order valence-corrected chi connectivity index (χ0v) is 12.4. The molecule has 0 radical (unpaired) electrons. The smallest absolute Gasteiger partial charge is 0.130 e. The molecule has 0 bridgehead atoms. The molecule has 1 atom stereocenters. The van der Waals surface area contributed by atoms with Crippen molar-refractivity contribution in [3.63, 3.8) is 0 Å². The largest absolute Gasteiger partial charge is 0.348 e. The van der Waals surface area contributed by atoms with E-state index in [-0.39, 0.29) is 5.56 Å². The van der Waals surface area contributed by atoms with Gasteiger partial charge in [0.05, 0.1) is 6.54 Å².